The Morgan fingerprint density at radius 3 is 2.32 bits per heavy atom. The van der Waals surface area contributed by atoms with E-state index < -0.39 is 9.84 Å². The highest BCUT2D eigenvalue weighted by atomic mass is 32.2. The number of rotatable bonds is 6. The fraction of sp³-hybridized carbons (Fsp3) is 0.500. The predicted molar refractivity (Wildman–Crippen MR) is 118 cm³/mol. The second kappa shape index (κ2) is 9.74. The van der Waals surface area contributed by atoms with E-state index in [-0.39, 0.29) is 17.1 Å². The van der Waals surface area contributed by atoms with Gasteiger partial charge >= 0.3 is 6.09 Å². The van der Waals surface area contributed by atoms with Gasteiger partial charge in [0.2, 0.25) is 0 Å². The summed E-state index contributed by atoms with van der Waals surface area (Å²) in [5, 5.41) is 0. The van der Waals surface area contributed by atoms with Crippen molar-refractivity contribution in [3.63, 3.8) is 0 Å². The number of benzene rings is 1. The van der Waals surface area contributed by atoms with Gasteiger partial charge in [0.25, 0.3) is 0 Å². The molecule has 0 spiro atoms. The molecular formula is C22H30N4O4S. The molecule has 31 heavy (non-hydrogen) atoms. The van der Waals surface area contributed by atoms with Crippen LogP contribution in [0.1, 0.15) is 32.4 Å². The van der Waals surface area contributed by atoms with Crippen LogP contribution in [0.25, 0.3) is 11.3 Å². The van der Waals surface area contributed by atoms with Crippen LogP contribution in [-0.2, 0) is 21.1 Å². The molecular weight excluding hydrogens is 416 g/mol. The Bertz CT molecular complexity index is 983. The van der Waals surface area contributed by atoms with Gasteiger partial charge in [0.15, 0.2) is 9.84 Å². The standard InChI is InChI=1S/C22H30N4O4S/c1-16(2)30-22(27)26-11-9-19(10-12-26)25(3)15-18-13-24-21(14-23-18)17-5-7-20(8-6-17)31(4,28)29/h5-8,13-14,16,19H,9-12,15H2,1-4H3. The average Bonchev–Trinajstić information content (AvgIpc) is 2.73. The Morgan fingerprint density at radius 1 is 1.16 bits per heavy atom. The molecule has 0 unspecified atom stereocenters. The lowest BCUT2D eigenvalue weighted by molar-refractivity contribution is 0.0575. The number of likely N-dealkylation sites (tertiary alicyclic amines) is 1. The number of hydrogen-bond donors (Lipinski definition) is 0. The van der Waals surface area contributed by atoms with Gasteiger partial charge in [0, 0.05) is 37.5 Å². The van der Waals surface area contributed by atoms with Crippen LogP contribution >= 0.6 is 0 Å². The van der Waals surface area contributed by atoms with Gasteiger partial charge in [0.05, 0.1) is 34.8 Å². The molecule has 168 valence electrons. The highest BCUT2D eigenvalue weighted by Gasteiger charge is 2.26. The smallest absolute Gasteiger partial charge is 0.410 e. The summed E-state index contributed by atoms with van der Waals surface area (Å²) in [7, 11) is -1.15. The number of piperidine rings is 1. The molecule has 0 atom stereocenters. The van der Waals surface area contributed by atoms with Crippen LogP contribution in [0.2, 0.25) is 0 Å². The molecule has 0 saturated carbocycles. The number of carbonyl (C=O) groups excluding carboxylic acids is 1. The van der Waals surface area contributed by atoms with Crippen molar-refractivity contribution in [3.05, 3.63) is 42.4 Å². The third-order valence-electron chi connectivity index (χ3n) is 5.38. The monoisotopic (exact) mass is 446 g/mol. The van der Waals surface area contributed by atoms with E-state index in [4.69, 9.17) is 4.74 Å². The summed E-state index contributed by atoms with van der Waals surface area (Å²) in [6, 6.07) is 7.01. The van der Waals surface area contributed by atoms with Gasteiger partial charge < -0.3 is 9.64 Å². The molecule has 2 heterocycles. The van der Waals surface area contributed by atoms with Crippen LogP contribution in [0.15, 0.2) is 41.6 Å². The lowest BCUT2D eigenvalue weighted by atomic mass is 10.0. The van der Waals surface area contributed by atoms with Gasteiger partial charge in [-0.1, -0.05) is 12.1 Å². The SMILES string of the molecule is CC(C)OC(=O)N1CCC(N(C)Cc2cnc(-c3ccc(S(C)(=O)=O)cc3)cn2)CC1. The first-order chi connectivity index (χ1) is 14.6. The van der Waals surface area contributed by atoms with Gasteiger partial charge in [-0.3, -0.25) is 14.9 Å². The van der Waals surface area contributed by atoms with Crippen LogP contribution in [0.5, 0.6) is 0 Å². The second-order valence-electron chi connectivity index (χ2n) is 8.26. The largest absolute Gasteiger partial charge is 0.447 e. The van der Waals surface area contributed by atoms with Crippen molar-refractivity contribution in [2.75, 3.05) is 26.4 Å². The van der Waals surface area contributed by atoms with Crippen molar-refractivity contribution in [3.8, 4) is 11.3 Å². The summed E-state index contributed by atoms with van der Waals surface area (Å²) in [5.74, 6) is 0. The van der Waals surface area contributed by atoms with E-state index in [0.717, 1.165) is 24.1 Å². The third-order valence-corrected chi connectivity index (χ3v) is 6.51. The molecule has 1 saturated heterocycles. The Hall–Kier alpha value is -2.52. The lowest BCUT2D eigenvalue weighted by Gasteiger charge is -2.36. The zero-order chi connectivity index (χ0) is 22.6. The molecule has 0 N–H and O–H groups in total. The molecule has 9 heteroatoms. The number of ether oxygens (including phenoxy) is 1. The zero-order valence-corrected chi connectivity index (χ0v) is 19.3. The van der Waals surface area contributed by atoms with E-state index in [9.17, 15) is 13.2 Å². The summed E-state index contributed by atoms with van der Waals surface area (Å²) < 4.78 is 28.5. The van der Waals surface area contributed by atoms with E-state index in [1.807, 2.05) is 13.8 Å². The highest BCUT2D eigenvalue weighted by molar-refractivity contribution is 7.90. The van der Waals surface area contributed by atoms with Crippen molar-refractivity contribution < 1.29 is 17.9 Å². The second-order valence-corrected chi connectivity index (χ2v) is 10.3. The first kappa shape index (κ1) is 23.1. The summed E-state index contributed by atoms with van der Waals surface area (Å²) in [5.41, 5.74) is 2.38. The minimum atomic E-state index is -3.22. The normalized spacial score (nSPS) is 15.5. The molecule has 1 amide bonds. The van der Waals surface area contributed by atoms with E-state index >= 15 is 0 Å². The molecule has 0 aliphatic carbocycles. The molecule has 2 aromatic rings. The number of nitrogens with zero attached hydrogens (tertiary/aromatic N) is 4. The maximum absolute atomic E-state index is 12.0. The van der Waals surface area contributed by atoms with E-state index in [1.54, 1.807) is 41.6 Å². The first-order valence-corrected chi connectivity index (χ1v) is 12.3. The van der Waals surface area contributed by atoms with Crippen molar-refractivity contribution in [1.29, 1.82) is 0 Å². The third kappa shape index (κ3) is 6.24. The van der Waals surface area contributed by atoms with Crippen LogP contribution < -0.4 is 0 Å². The highest BCUT2D eigenvalue weighted by Crippen LogP contribution is 2.21. The van der Waals surface area contributed by atoms with Crippen LogP contribution in [-0.4, -0.2) is 72.8 Å². The Balaban J connectivity index is 1.55. The number of carbonyl (C=O) groups is 1. The fourth-order valence-electron chi connectivity index (χ4n) is 3.61. The van der Waals surface area contributed by atoms with Gasteiger partial charge in [-0.15, -0.1) is 0 Å². The Morgan fingerprint density at radius 2 is 1.81 bits per heavy atom. The van der Waals surface area contributed by atoms with E-state index in [1.165, 1.54) is 6.26 Å². The van der Waals surface area contributed by atoms with Crippen molar-refractivity contribution in [1.82, 2.24) is 19.8 Å². The van der Waals surface area contributed by atoms with Crippen molar-refractivity contribution >= 4 is 15.9 Å². The maximum atomic E-state index is 12.0. The molecule has 1 aromatic carbocycles. The molecule has 1 fully saturated rings. The summed E-state index contributed by atoms with van der Waals surface area (Å²) in [6.45, 7) is 5.76. The quantitative estimate of drug-likeness (QED) is 0.673. The van der Waals surface area contributed by atoms with Crippen LogP contribution in [0.3, 0.4) is 0 Å². The lowest BCUT2D eigenvalue weighted by Crippen LogP contribution is -2.46. The Kier molecular flexibility index (Phi) is 7.27. The summed E-state index contributed by atoms with van der Waals surface area (Å²) >= 11 is 0. The Labute approximate surface area is 184 Å². The van der Waals surface area contributed by atoms with Crippen LogP contribution in [0, 0.1) is 0 Å². The number of amides is 1. The predicted octanol–water partition coefficient (Wildman–Crippen LogP) is 2.99. The number of sulfone groups is 1. The molecule has 3 rings (SSSR count). The molecule has 8 nitrogen and oxygen atoms in total. The first-order valence-electron chi connectivity index (χ1n) is 10.4. The summed E-state index contributed by atoms with van der Waals surface area (Å²) in [6.07, 6.45) is 6.10. The minimum absolute atomic E-state index is 0.105. The molecule has 1 aliphatic rings. The van der Waals surface area contributed by atoms with Gasteiger partial charge in [-0.25, -0.2) is 13.2 Å². The summed E-state index contributed by atoms with van der Waals surface area (Å²) in [4.78, 5) is 25.4. The minimum Gasteiger partial charge on any atom is -0.447 e. The maximum Gasteiger partial charge on any atom is 0.410 e. The fourth-order valence-corrected chi connectivity index (χ4v) is 4.24. The van der Waals surface area contributed by atoms with Gasteiger partial charge in [-0.05, 0) is 45.9 Å². The number of aromatic nitrogens is 2. The van der Waals surface area contributed by atoms with E-state index in [2.05, 4.69) is 21.9 Å². The van der Waals surface area contributed by atoms with Gasteiger partial charge in [-0.2, -0.15) is 0 Å². The van der Waals surface area contributed by atoms with Crippen molar-refractivity contribution in [2.45, 2.75) is 50.3 Å². The van der Waals surface area contributed by atoms with Crippen molar-refractivity contribution in [2.24, 2.45) is 0 Å². The topological polar surface area (TPSA) is 92.7 Å². The average molecular weight is 447 g/mol. The molecule has 1 aromatic heterocycles. The van der Waals surface area contributed by atoms with E-state index in [0.29, 0.717) is 31.4 Å². The molecule has 1 aliphatic heterocycles. The molecule has 0 radical (unpaired) electrons. The number of hydrogen-bond acceptors (Lipinski definition) is 7. The zero-order valence-electron chi connectivity index (χ0n) is 18.5. The van der Waals surface area contributed by atoms with Gasteiger partial charge in [0.1, 0.15) is 0 Å². The molecule has 0 bridgehead atoms. The van der Waals surface area contributed by atoms with Crippen LogP contribution in [0.4, 0.5) is 4.79 Å².